The van der Waals surface area contributed by atoms with Crippen molar-refractivity contribution in [1.82, 2.24) is 9.21 Å². The molecule has 1 saturated heterocycles. The topological polar surface area (TPSA) is 40.6 Å². The van der Waals surface area contributed by atoms with E-state index in [1.54, 1.807) is 0 Å². The maximum Gasteiger partial charge on any atom is 0.243 e. The average molecular weight is 360 g/mol. The molecular weight excluding hydrogens is 339 g/mol. The molecule has 1 atom stereocenters. The first-order valence-corrected chi connectivity index (χ1v) is 10.0. The molecule has 2 aromatic rings. The van der Waals surface area contributed by atoms with Crippen LogP contribution in [0.4, 0.5) is 4.39 Å². The van der Waals surface area contributed by atoms with Crippen LogP contribution in [0, 0.1) is 5.82 Å². The second kappa shape index (κ2) is 6.52. The fraction of sp³-hybridized carbons (Fsp3) is 0.368. The standard InChI is InChI=1S/C19H21FN2O2S/c20-17-5-7-19(8-6-17)25(23,24)22-12-10-18(14-22)21-11-9-15-3-1-2-4-16(15)13-21/h1-8,18H,9-14H2. The first-order chi connectivity index (χ1) is 12.0. The zero-order chi connectivity index (χ0) is 17.4. The molecule has 4 nitrogen and oxygen atoms in total. The molecular formula is C19H21FN2O2S. The molecule has 0 aliphatic carbocycles. The summed E-state index contributed by atoms with van der Waals surface area (Å²) in [7, 11) is -3.55. The third kappa shape index (κ3) is 3.21. The van der Waals surface area contributed by atoms with E-state index in [0.717, 1.165) is 25.9 Å². The number of hydrogen-bond donors (Lipinski definition) is 0. The molecule has 2 aliphatic heterocycles. The summed E-state index contributed by atoms with van der Waals surface area (Å²) >= 11 is 0. The number of fused-ring (bicyclic) bond motifs is 1. The molecule has 0 aromatic heterocycles. The molecule has 1 unspecified atom stereocenters. The van der Waals surface area contributed by atoms with Gasteiger partial charge in [0.15, 0.2) is 0 Å². The maximum absolute atomic E-state index is 13.1. The van der Waals surface area contributed by atoms with Gasteiger partial charge in [0.05, 0.1) is 4.90 Å². The molecule has 0 bridgehead atoms. The Morgan fingerprint density at radius 3 is 2.44 bits per heavy atom. The van der Waals surface area contributed by atoms with Crippen molar-refractivity contribution in [3.8, 4) is 0 Å². The minimum Gasteiger partial charge on any atom is -0.294 e. The highest BCUT2D eigenvalue weighted by atomic mass is 32.2. The van der Waals surface area contributed by atoms with Crippen molar-refractivity contribution in [3.63, 3.8) is 0 Å². The Labute approximate surface area is 147 Å². The quantitative estimate of drug-likeness (QED) is 0.845. The van der Waals surface area contributed by atoms with Crippen molar-refractivity contribution in [3.05, 3.63) is 65.5 Å². The molecule has 2 heterocycles. The molecule has 132 valence electrons. The third-order valence-corrected chi connectivity index (χ3v) is 7.13. The van der Waals surface area contributed by atoms with E-state index >= 15 is 0 Å². The van der Waals surface area contributed by atoms with Crippen LogP contribution in [0.5, 0.6) is 0 Å². The average Bonchev–Trinajstić information content (AvgIpc) is 3.13. The number of nitrogens with zero attached hydrogens (tertiary/aromatic N) is 2. The van der Waals surface area contributed by atoms with Gasteiger partial charge in [-0.1, -0.05) is 24.3 Å². The summed E-state index contributed by atoms with van der Waals surface area (Å²) in [4.78, 5) is 2.56. The minimum atomic E-state index is -3.55. The van der Waals surface area contributed by atoms with E-state index in [-0.39, 0.29) is 10.9 Å². The first kappa shape index (κ1) is 16.7. The van der Waals surface area contributed by atoms with E-state index < -0.39 is 15.8 Å². The van der Waals surface area contributed by atoms with Crippen molar-refractivity contribution < 1.29 is 12.8 Å². The number of hydrogen-bond acceptors (Lipinski definition) is 3. The Hall–Kier alpha value is -1.76. The third-order valence-electron chi connectivity index (χ3n) is 5.25. The Morgan fingerprint density at radius 1 is 0.960 bits per heavy atom. The predicted molar refractivity (Wildman–Crippen MR) is 94.1 cm³/mol. The molecule has 4 rings (SSSR count). The van der Waals surface area contributed by atoms with Crippen LogP contribution in [0.1, 0.15) is 17.5 Å². The van der Waals surface area contributed by atoms with Gasteiger partial charge in [-0.25, -0.2) is 12.8 Å². The van der Waals surface area contributed by atoms with Crippen LogP contribution < -0.4 is 0 Å². The van der Waals surface area contributed by atoms with Gasteiger partial charge >= 0.3 is 0 Å². The minimum absolute atomic E-state index is 0.165. The van der Waals surface area contributed by atoms with Crippen LogP contribution in [0.15, 0.2) is 53.4 Å². The van der Waals surface area contributed by atoms with Crippen LogP contribution in [0.3, 0.4) is 0 Å². The molecule has 25 heavy (non-hydrogen) atoms. The van der Waals surface area contributed by atoms with E-state index in [1.807, 2.05) is 0 Å². The van der Waals surface area contributed by atoms with E-state index in [9.17, 15) is 12.8 Å². The van der Waals surface area contributed by atoms with Crippen molar-refractivity contribution in [2.24, 2.45) is 0 Å². The van der Waals surface area contributed by atoms with Gasteiger partial charge < -0.3 is 0 Å². The number of benzene rings is 2. The Balaban J connectivity index is 1.47. The predicted octanol–water partition coefficient (Wildman–Crippen LogP) is 2.65. The highest BCUT2D eigenvalue weighted by Crippen LogP contribution is 2.27. The molecule has 2 aromatic carbocycles. The lowest BCUT2D eigenvalue weighted by atomic mass is 9.98. The van der Waals surface area contributed by atoms with Gasteiger partial charge in [0, 0.05) is 32.2 Å². The zero-order valence-corrected chi connectivity index (χ0v) is 14.8. The lowest BCUT2D eigenvalue weighted by molar-refractivity contribution is 0.185. The summed E-state index contributed by atoms with van der Waals surface area (Å²) in [6.45, 7) is 2.86. The van der Waals surface area contributed by atoms with Gasteiger partial charge in [0.1, 0.15) is 5.82 Å². The van der Waals surface area contributed by atoms with Crippen LogP contribution in [-0.4, -0.2) is 43.3 Å². The summed E-state index contributed by atoms with van der Waals surface area (Å²) in [5, 5.41) is 0. The van der Waals surface area contributed by atoms with Crippen molar-refractivity contribution in [2.75, 3.05) is 19.6 Å². The lowest BCUT2D eigenvalue weighted by Gasteiger charge is -2.33. The smallest absolute Gasteiger partial charge is 0.243 e. The SMILES string of the molecule is O=S(=O)(c1ccc(F)cc1)N1CCC(N2CCc3ccccc3C2)C1. The van der Waals surface area contributed by atoms with Crippen LogP contribution in [0.25, 0.3) is 0 Å². The largest absolute Gasteiger partial charge is 0.294 e. The van der Waals surface area contributed by atoms with Gasteiger partial charge in [-0.05, 0) is 48.2 Å². The van der Waals surface area contributed by atoms with Gasteiger partial charge in [0.2, 0.25) is 10.0 Å². The molecule has 2 aliphatic rings. The fourth-order valence-corrected chi connectivity index (χ4v) is 5.30. The van der Waals surface area contributed by atoms with Gasteiger partial charge in [0.25, 0.3) is 0 Å². The Kier molecular flexibility index (Phi) is 4.35. The van der Waals surface area contributed by atoms with E-state index in [0.29, 0.717) is 13.1 Å². The summed E-state index contributed by atoms with van der Waals surface area (Å²) in [6.07, 6.45) is 1.85. The zero-order valence-electron chi connectivity index (χ0n) is 13.9. The van der Waals surface area contributed by atoms with Crippen LogP contribution in [0.2, 0.25) is 0 Å². The van der Waals surface area contributed by atoms with Gasteiger partial charge in [-0.3, -0.25) is 4.90 Å². The first-order valence-electron chi connectivity index (χ1n) is 8.60. The maximum atomic E-state index is 13.1. The second-order valence-electron chi connectivity index (χ2n) is 6.75. The van der Waals surface area contributed by atoms with Crippen molar-refractivity contribution >= 4 is 10.0 Å². The summed E-state index contributed by atoms with van der Waals surface area (Å²) in [5.74, 6) is -0.426. The number of rotatable bonds is 3. The van der Waals surface area contributed by atoms with E-state index in [4.69, 9.17) is 0 Å². The molecule has 0 saturated carbocycles. The molecule has 0 spiro atoms. The summed E-state index contributed by atoms with van der Waals surface area (Å²) < 4.78 is 40.1. The Morgan fingerprint density at radius 2 is 1.68 bits per heavy atom. The van der Waals surface area contributed by atoms with Crippen molar-refractivity contribution in [1.29, 1.82) is 0 Å². The number of halogens is 1. The normalized spacial score (nSPS) is 22.0. The molecule has 0 amide bonds. The molecule has 1 fully saturated rings. The van der Waals surface area contributed by atoms with Crippen molar-refractivity contribution in [2.45, 2.75) is 30.3 Å². The second-order valence-corrected chi connectivity index (χ2v) is 8.69. The van der Waals surface area contributed by atoms with Crippen LogP contribution in [-0.2, 0) is 23.0 Å². The molecule has 0 radical (unpaired) electrons. The molecule has 0 N–H and O–H groups in total. The monoisotopic (exact) mass is 360 g/mol. The highest BCUT2D eigenvalue weighted by Gasteiger charge is 2.36. The summed E-state index contributed by atoms with van der Waals surface area (Å²) in [6, 6.07) is 13.8. The van der Waals surface area contributed by atoms with Gasteiger partial charge in [-0.15, -0.1) is 0 Å². The molecule has 6 heteroatoms. The van der Waals surface area contributed by atoms with E-state index in [1.165, 1.54) is 39.7 Å². The number of sulfonamides is 1. The summed E-state index contributed by atoms with van der Waals surface area (Å²) in [5.41, 5.74) is 2.74. The lowest BCUT2D eigenvalue weighted by Crippen LogP contribution is -2.41. The highest BCUT2D eigenvalue weighted by molar-refractivity contribution is 7.89. The van der Waals surface area contributed by atoms with Crippen LogP contribution >= 0.6 is 0 Å². The van der Waals surface area contributed by atoms with Gasteiger partial charge in [-0.2, -0.15) is 4.31 Å². The fourth-order valence-electron chi connectivity index (χ4n) is 3.81. The Bertz CT molecular complexity index is 867. The van der Waals surface area contributed by atoms with E-state index in [2.05, 4.69) is 29.2 Å².